The fourth-order valence-electron chi connectivity index (χ4n) is 4.00. The zero-order valence-electron chi connectivity index (χ0n) is 18.1. The van der Waals surface area contributed by atoms with Crippen molar-refractivity contribution in [1.29, 1.82) is 0 Å². The lowest BCUT2D eigenvalue weighted by Crippen LogP contribution is -2.43. The van der Waals surface area contributed by atoms with Crippen molar-refractivity contribution in [1.82, 2.24) is 4.90 Å². The van der Waals surface area contributed by atoms with E-state index in [2.05, 4.69) is 0 Å². The van der Waals surface area contributed by atoms with Gasteiger partial charge >= 0.3 is 12.1 Å². The summed E-state index contributed by atoms with van der Waals surface area (Å²) >= 11 is 0. The first-order valence-corrected chi connectivity index (χ1v) is 10.7. The second kappa shape index (κ2) is 10.8. The van der Waals surface area contributed by atoms with E-state index in [0.29, 0.717) is 32.4 Å². The Morgan fingerprint density at radius 2 is 1.58 bits per heavy atom. The Labute approximate surface area is 183 Å². The number of ketones is 1. The summed E-state index contributed by atoms with van der Waals surface area (Å²) in [5.41, 5.74) is 3.11. The van der Waals surface area contributed by atoms with E-state index in [4.69, 9.17) is 9.47 Å². The number of Topliss-reactive ketones (excluding diaryl/α,β-unsaturated/α-hetero) is 1. The topological polar surface area (TPSA) is 72.9 Å². The van der Waals surface area contributed by atoms with Crippen molar-refractivity contribution in [3.63, 3.8) is 0 Å². The number of amides is 1. The van der Waals surface area contributed by atoms with Crippen molar-refractivity contribution >= 4 is 17.8 Å². The van der Waals surface area contributed by atoms with E-state index >= 15 is 0 Å². The first-order chi connectivity index (χ1) is 15.0. The van der Waals surface area contributed by atoms with E-state index in [0.717, 1.165) is 16.7 Å². The minimum Gasteiger partial charge on any atom is -0.465 e. The first-order valence-electron chi connectivity index (χ1n) is 10.7. The van der Waals surface area contributed by atoms with E-state index in [9.17, 15) is 14.4 Å². The van der Waals surface area contributed by atoms with E-state index in [1.165, 1.54) is 7.11 Å². The quantitative estimate of drug-likeness (QED) is 0.495. The standard InChI is InChI=1S/C25H29NO5/c1-3-31-24(28)22(23(27)21-13-15-26(16-14-21)25(29)30-2)17-18-9-11-20(12-10-18)19-7-5-4-6-8-19/h4-12,21-22H,3,13-17H2,1-2H3. The average molecular weight is 424 g/mol. The van der Waals surface area contributed by atoms with Crippen molar-refractivity contribution < 1.29 is 23.9 Å². The van der Waals surface area contributed by atoms with Crippen LogP contribution in [0.2, 0.25) is 0 Å². The molecule has 2 aromatic carbocycles. The third-order valence-corrected chi connectivity index (χ3v) is 5.75. The van der Waals surface area contributed by atoms with Crippen LogP contribution in [0.1, 0.15) is 25.3 Å². The summed E-state index contributed by atoms with van der Waals surface area (Å²) in [4.78, 5) is 39.1. The molecule has 0 saturated carbocycles. The maximum absolute atomic E-state index is 13.2. The monoisotopic (exact) mass is 423 g/mol. The van der Waals surface area contributed by atoms with Gasteiger partial charge in [0.1, 0.15) is 5.92 Å². The van der Waals surface area contributed by atoms with Crippen LogP contribution in [0.5, 0.6) is 0 Å². The Kier molecular flexibility index (Phi) is 7.82. The van der Waals surface area contributed by atoms with Crippen LogP contribution >= 0.6 is 0 Å². The normalized spacial score (nSPS) is 15.2. The molecule has 164 valence electrons. The van der Waals surface area contributed by atoms with Gasteiger partial charge in [0.05, 0.1) is 13.7 Å². The van der Waals surface area contributed by atoms with E-state index < -0.39 is 11.9 Å². The van der Waals surface area contributed by atoms with Crippen LogP contribution < -0.4 is 0 Å². The summed E-state index contributed by atoms with van der Waals surface area (Å²) in [7, 11) is 1.35. The Bertz CT molecular complexity index is 886. The second-order valence-electron chi connectivity index (χ2n) is 7.71. The van der Waals surface area contributed by atoms with Gasteiger partial charge in [0.2, 0.25) is 0 Å². The number of esters is 1. The number of carbonyl (C=O) groups is 3. The largest absolute Gasteiger partial charge is 0.465 e. The van der Waals surface area contributed by atoms with Gasteiger partial charge in [-0.1, -0.05) is 54.6 Å². The Morgan fingerprint density at radius 3 is 2.16 bits per heavy atom. The van der Waals surface area contributed by atoms with Crippen molar-refractivity contribution in [3.8, 4) is 11.1 Å². The van der Waals surface area contributed by atoms with E-state index in [-0.39, 0.29) is 24.4 Å². The van der Waals surface area contributed by atoms with Crippen LogP contribution in [-0.4, -0.2) is 49.6 Å². The lowest BCUT2D eigenvalue weighted by Gasteiger charge is -2.31. The van der Waals surface area contributed by atoms with Gasteiger partial charge in [0, 0.05) is 19.0 Å². The predicted octanol–water partition coefficient (Wildman–Crippen LogP) is 4.12. The van der Waals surface area contributed by atoms with Crippen molar-refractivity contribution in [2.75, 3.05) is 26.8 Å². The molecule has 0 aliphatic carbocycles. The first kappa shape index (κ1) is 22.5. The summed E-state index contributed by atoms with van der Waals surface area (Å²) in [5, 5.41) is 0. The van der Waals surface area contributed by atoms with Gasteiger partial charge in [-0.15, -0.1) is 0 Å². The molecule has 3 rings (SSSR count). The smallest absolute Gasteiger partial charge is 0.409 e. The molecule has 6 nitrogen and oxygen atoms in total. The molecule has 0 N–H and O–H groups in total. The molecule has 0 spiro atoms. The molecule has 2 aromatic rings. The molecule has 0 bridgehead atoms. The van der Waals surface area contributed by atoms with E-state index in [1.807, 2.05) is 54.6 Å². The highest BCUT2D eigenvalue weighted by atomic mass is 16.5. The van der Waals surface area contributed by atoms with Gasteiger partial charge < -0.3 is 14.4 Å². The summed E-state index contributed by atoms with van der Waals surface area (Å²) < 4.78 is 9.97. The van der Waals surface area contributed by atoms with Gasteiger partial charge in [-0.3, -0.25) is 9.59 Å². The molecule has 1 unspecified atom stereocenters. The van der Waals surface area contributed by atoms with E-state index in [1.54, 1.807) is 11.8 Å². The highest BCUT2D eigenvalue weighted by Gasteiger charge is 2.36. The molecule has 6 heteroatoms. The Balaban J connectivity index is 1.70. The van der Waals surface area contributed by atoms with Crippen LogP contribution in [0.3, 0.4) is 0 Å². The van der Waals surface area contributed by atoms with Gasteiger partial charge in [0.15, 0.2) is 5.78 Å². The second-order valence-corrected chi connectivity index (χ2v) is 7.71. The van der Waals surface area contributed by atoms with Crippen LogP contribution in [0, 0.1) is 11.8 Å². The number of piperidine rings is 1. The Hall–Kier alpha value is -3.15. The molecular formula is C25H29NO5. The number of ether oxygens (including phenoxy) is 2. The molecule has 0 radical (unpaired) electrons. The predicted molar refractivity (Wildman–Crippen MR) is 117 cm³/mol. The number of carbonyl (C=O) groups excluding carboxylic acids is 3. The number of hydrogen-bond donors (Lipinski definition) is 0. The molecule has 1 atom stereocenters. The number of rotatable bonds is 7. The zero-order valence-corrected chi connectivity index (χ0v) is 18.1. The highest BCUT2D eigenvalue weighted by molar-refractivity contribution is 6.00. The molecule has 31 heavy (non-hydrogen) atoms. The molecule has 0 aromatic heterocycles. The molecule has 1 saturated heterocycles. The summed E-state index contributed by atoms with van der Waals surface area (Å²) in [6.45, 7) is 2.87. The molecule has 1 fully saturated rings. The van der Waals surface area contributed by atoms with Crippen molar-refractivity contribution in [2.24, 2.45) is 11.8 Å². The Morgan fingerprint density at radius 1 is 0.968 bits per heavy atom. The lowest BCUT2D eigenvalue weighted by atomic mass is 9.83. The van der Waals surface area contributed by atoms with Crippen LogP contribution in [0.25, 0.3) is 11.1 Å². The number of benzene rings is 2. The highest BCUT2D eigenvalue weighted by Crippen LogP contribution is 2.26. The van der Waals surface area contributed by atoms with Gasteiger partial charge in [-0.05, 0) is 42.9 Å². The minimum absolute atomic E-state index is 0.102. The summed E-state index contributed by atoms with van der Waals surface area (Å²) in [6.07, 6.45) is 0.976. The molecule has 1 aliphatic heterocycles. The number of likely N-dealkylation sites (tertiary alicyclic amines) is 1. The van der Waals surface area contributed by atoms with Crippen molar-refractivity contribution in [3.05, 3.63) is 60.2 Å². The van der Waals surface area contributed by atoms with Crippen LogP contribution in [0.4, 0.5) is 4.79 Å². The van der Waals surface area contributed by atoms with Gasteiger partial charge in [0.25, 0.3) is 0 Å². The van der Waals surface area contributed by atoms with Gasteiger partial charge in [-0.2, -0.15) is 0 Å². The van der Waals surface area contributed by atoms with Crippen molar-refractivity contribution in [2.45, 2.75) is 26.2 Å². The van der Waals surface area contributed by atoms with Gasteiger partial charge in [-0.25, -0.2) is 4.79 Å². The number of nitrogens with zero attached hydrogens (tertiary/aromatic N) is 1. The molecular weight excluding hydrogens is 394 g/mol. The minimum atomic E-state index is -0.836. The summed E-state index contributed by atoms with van der Waals surface area (Å²) in [6, 6.07) is 18.0. The fourth-order valence-corrected chi connectivity index (χ4v) is 4.00. The average Bonchev–Trinajstić information content (AvgIpc) is 2.82. The molecule has 1 aliphatic rings. The number of methoxy groups -OCH3 is 1. The maximum atomic E-state index is 13.2. The van der Waals surface area contributed by atoms with Crippen LogP contribution in [0.15, 0.2) is 54.6 Å². The zero-order chi connectivity index (χ0) is 22.2. The third kappa shape index (κ3) is 5.72. The molecule has 1 amide bonds. The third-order valence-electron chi connectivity index (χ3n) is 5.75. The number of hydrogen-bond acceptors (Lipinski definition) is 5. The van der Waals surface area contributed by atoms with Crippen LogP contribution in [-0.2, 0) is 25.5 Å². The fraction of sp³-hybridized carbons (Fsp3) is 0.400. The summed E-state index contributed by atoms with van der Waals surface area (Å²) in [5.74, 6) is -1.68. The SMILES string of the molecule is CCOC(=O)C(Cc1ccc(-c2ccccc2)cc1)C(=O)C1CCN(C(=O)OC)CC1. The molecule has 1 heterocycles. The lowest BCUT2D eigenvalue weighted by molar-refractivity contribution is -0.153. The maximum Gasteiger partial charge on any atom is 0.409 e.